The first-order chi connectivity index (χ1) is 13.2. The minimum absolute atomic E-state index is 0.0624. The maximum absolute atomic E-state index is 12.0. The molecule has 1 heterocycles. The molecule has 0 radical (unpaired) electrons. The van der Waals surface area contributed by atoms with Crippen molar-refractivity contribution in [2.75, 3.05) is 33.8 Å². The van der Waals surface area contributed by atoms with E-state index in [9.17, 15) is 4.79 Å². The summed E-state index contributed by atoms with van der Waals surface area (Å²) in [6.07, 6.45) is 1.10. The van der Waals surface area contributed by atoms with Gasteiger partial charge in [-0.1, -0.05) is 13.8 Å². The lowest BCUT2D eigenvalue weighted by atomic mass is 10.0. The molecule has 0 bridgehead atoms. The summed E-state index contributed by atoms with van der Waals surface area (Å²) in [7, 11) is 4.20. The maximum atomic E-state index is 12.0. The van der Waals surface area contributed by atoms with Crippen LogP contribution in [0.5, 0.6) is 0 Å². The number of aromatic nitrogens is 1. The predicted molar refractivity (Wildman–Crippen MR) is 117 cm³/mol. The van der Waals surface area contributed by atoms with Crippen molar-refractivity contribution in [3.8, 4) is 0 Å². The summed E-state index contributed by atoms with van der Waals surface area (Å²) in [6, 6.07) is 0.330. The number of nitrogens with zero attached hydrogens (tertiary/aromatic N) is 3. The molecule has 2 N–H and O–H groups in total. The van der Waals surface area contributed by atoms with Crippen LogP contribution in [0.1, 0.15) is 67.5 Å². The van der Waals surface area contributed by atoms with Crippen molar-refractivity contribution >= 4 is 23.3 Å². The Hall–Kier alpha value is -1.67. The highest BCUT2D eigenvalue weighted by molar-refractivity contribution is 7.13. The number of guanidine groups is 1. The van der Waals surface area contributed by atoms with Crippen molar-refractivity contribution < 1.29 is 9.53 Å². The Kier molecular flexibility index (Phi) is 10.5. The second-order valence-corrected chi connectivity index (χ2v) is 8.55. The Labute approximate surface area is 174 Å². The standard InChI is InChI=1S/C20H37N5O2S/c1-9-21-20(22-12-16(25(7)8)11-13(3)4)24-15(6)18-23-14(5)17(28-18)19(26)27-10-2/h13,15-16H,9-12H2,1-8H3,(H2,21,22,24). The van der Waals surface area contributed by atoms with Gasteiger partial charge in [0.05, 0.1) is 24.9 Å². The summed E-state index contributed by atoms with van der Waals surface area (Å²) in [5, 5.41) is 7.56. The molecule has 0 aromatic carbocycles. The Morgan fingerprint density at radius 3 is 2.50 bits per heavy atom. The van der Waals surface area contributed by atoms with Gasteiger partial charge in [0, 0.05) is 12.6 Å². The predicted octanol–water partition coefficient (Wildman–Crippen LogP) is 3.22. The van der Waals surface area contributed by atoms with Crippen molar-refractivity contribution in [2.24, 2.45) is 10.9 Å². The fourth-order valence-electron chi connectivity index (χ4n) is 2.76. The van der Waals surface area contributed by atoms with E-state index in [1.54, 1.807) is 6.92 Å². The van der Waals surface area contributed by atoms with Crippen LogP contribution in [0.15, 0.2) is 4.99 Å². The van der Waals surface area contributed by atoms with Gasteiger partial charge >= 0.3 is 5.97 Å². The van der Waals surface area contributed by atoms with Gasteiger partial charge in [-0.2, -0.15) is 0 Å². The van der Waals surface area contributed by atoms with Crippen LogP contribution in [0.2, 0.25) is 0 Å². The van der Waals surface area contributed by atoms with Gasteiger partial charge in [-0.05, 0) is 54.1 Å². The molecular weight excluding hydrogens is 374 g/mol. The summed E-state index contributed by atoms with van der Waals surface area (Å²) in [6.45, 7) is 14.0. The summed E-state index contributed by atoms with van der Waals surface area (Å²) >= 11 is 1.37. The molecule has 0 aliphatic rings. The summed E-state index contributed by atoms with van der Waals surface area (Å²) in [4.78, 5) is 24.2. The van der Waals surface area contributed by atoms with Crippen molar-refractivity contribution in [1.82, 2.24) is 20.5 Å². The number of ether oxygens (including phenoxy) is 1. The summed E-state index contributed by atoms with van der Waals surface area (Å²) in [5.41, 5.74) is 0.707. The van der Waals surface area contributed by atoms with E-state index in [2.05, 4.69) is 48.5 Å². The summed E-state index contributed by atoms with van der Waals surface area (Å²) < 4.78 is 5.11. The SMILES string of the molecule is CCNC(=NCC(CC(C)C)N(C)C)NC(C)c1nc(C)c(C(=O)OCC)s1. The third-order valence-electron chi connectivity index (χ3n) is 4.28. The second-order valence-electron chi connectivity index (χ2n) is 7.52. The van der Waals surface area contributed by atoms with Crippen LogP contribution in [0, 0.1) is 12.8 Å². The molecule has 0 aliphatic heterocycles. The molecule has 160 valence electrons. The number of hydrogen-bond donors (Lipinski definition) is 2. The lowest BCUT2D eigenvalue weighted by molar-refractivity contribution is 0.0531. The first kappa shape index (κ1) is 24.4. The van der Waals surface area contributed by atoms with E-state index in [0.29, 0.717) is 29.1 Å². The van der Waals surface area contributed by atoms with Gasteiger partial charge in [0.15, 0.2) is 5.96 Å². The quantitative estimate of drug-likeness (QED) is 0.350. The number of nitrogens with one attached hydrogen (secondary N) is 2. The molecule has 7 nitrogen and oxygen atoms in total. The Morgan fingerprint density at radius 1 is 1.29 bits per heavy atom. The zero-order chi connectivity index (χ0) is 21.3. The number of likely N-dealkylation sites (N-methyl/N-ethyl adjacent to an activating group) is 1. The molecule has 28 heavy (non-hydrogen) atoms. The topological polar surface area (TPSA) is 78.9 Å². The molecule has 2 unspecified atom stereocenters. The second kappa shape index (κ2) is 12.0. The van der Waals surface area contributed by atoms with E-state index in [0.717, 1.165) is 30.5 Å². The van der Waals surface area contributed by atoms with Gasteiger partial charge in [0.1, 0.15) is 9.88 Å². The molecule has 0 amide bonds. The van der Waals surface area contributed by atoms with Gasteiger partial charge < -0.3 is 20.3 Å². The molecule has 0 saturated carbocycles. The lowest BCUT2D eigenvalue weighted by Crippen LogP contribution is -2.40. The number of aliphatic imine (C=N–C) groups is 1. The molecule has 1 rings (SSSR count). The fraction of sp³-hybridized carbons (Fsp3) is 0.750. The van der Waals surface area contributed by atoms with E-state index in [-0.39, 0.29) is 12.0 Å². The zero-order valence-electron chi connectivity index (χ0n) is 18.6. The molecule has 0 spiro atoms. The number of aryl methyl sites for hydroxylation is 1. The molecule has 2 atom stereocenters. The average molecular weight is 412 g/mol. The third-order valence-corrected chi connectivity index (χ3v) is 5.60. The highest BCUT2D eigenvalue weighted by Gasteiger charge is 2.20. The van der Waals surface area contributed by atoms with Crippen molar-refractivity contribution in [3.05, 3.63) is 15.6 Å². The van der Waals surface area contributed by atoms with Crippen LogP contribution in [0.3, 0.4) is 0 Å². The summed E-state index contributed by atoms with van der Waals surface area (Å²) in [5.74, 6) is 1.08. The van der Waals surface area contributed by atoms with Crippen molar-refractivity contribution in [3.63, 3.8) is 0 Å². The number of esters is 1. The Morgan fingerprint density at radius 2 is 1.96 bits per heavy atom. The van der Waals surface area contributed by atoms with E-state index in [4.69, 9.17) is 9.73 Å². The normalized spacial score (nSPS) is 14.3. The zero-order valence-corrected chi connectivity index (χ0v) is 19.4. The number of thiazole rings is 1. The van der Waals surface area contributed by atoms with Gasteiger partial charge in [-0.3, -0.25) is 4.99 Å². The van der Waals surface area contributed by atoms with Crippen molar-refractivity contribution in [1.29, 1.82) is 0 Å². The highest BCUT2D eigenvalue weighted by atomic mass is 32.1. The van der Waals surface area contributed by atoms with Gasteiger partial charge in [-0.25, -0.2) is 9.78 Å². The number of carbonyl (C=O) groups is 1. The third kappa shape index (κ3) is 7.75. The first-order valence-corrected chi connectivity index (χ1v) is 10.9. The van der Waals surface area contributed by atoms with E-state index in [1.807, 2.05) is 20.8 Å². The van der Waals surface area contributed by atoms with E-state index in [1.165, 1.54) is 11.3 Å². The average Bonchev–Trinajstić information content (AvgIpc) is 3.00. The fourth-order valence-corrected chi connectivity index (χ4v) is 3.73. The minimum atomic E-state index is -0.306. The van der Waals surface area contributed by atoms with E-state index >= 15 is 0 Å². The van der Waals surface area contributed by atoms with Crippen LogP contribution < -0.4 is 10.6 Å². The Balaban J connectivity index is 2.87. The molecule has 0 fully saturated rings. The number of rotatable bonds is 10. The van der Waals surface area contributed by atoms with Crippen LogP contribution >= 0.6 is 11.3 Å². The molecule has 1 aromatic heterocycles. The monoisotopic (exact) mass is 411 g/mol. The van der Waals surface area contributed by atoms with Crippen LogP contribution in [0.25, 0.3) is 0 Å². The maximum Gasteiger partial charge on any atom is 0.350 e. The highest BCUT2D eigenvalue weighted by Crippen LogP contribution is 2.24. The molecule has 1 aromatic rings. The van der Waals surface area contributed by atoms with Gasteiger partial charge in [0.2, 0.25) is 0 Å². The minimum Gasteiger partial charge on any atom is -0.462 e. The van der Waals surface area contributed by atoms with Crippen molar-refractivity contribution in [2.45, 2.75) is 60.0 Å². The Bertz CT molecular complexity index is 643. The molecular formula is C20H37N5O2S. The number of hydrogen-bond acceptors (Lipinski definition) is 6. The molecule has 8 heteroatoms. The lowest BCUT2D eigenvalue weighted by Gasteiger charge is -2.25. The smallest absolute Gasteiger partial charge is 0.350 e. The van der Waals surface area contributed by atoms with Crippen LogP contribution in [0.4, 0.5) is 0 Å². The molecule has 0 saturated heterocycles. The van der Waals surface area contributed by atoms with Gasteiger partial charge in [-0.15, -0.1) is 11.3 Å². The first-order valence-electron chi connectivity index (χ1n) is 10.0. The van der Waals surface area contributed by atoms with Crippen LogP contribution in [-0.2, 0) is 4.74 Å². The molecule has 0 aliphatic carbocycles. The van der Waals surface area contributed by atoms with E-state index < -0.39 is 0 Å². The van der Waals surface area contributed by atoms with Gasteiger partial charge in [0.25, 0.3) is 0 Å². The largest absolute Gasteiger partial charge is 0.462 e. The number of carbonyl (C=O) groups excluding carboxylic acids is 1. The van der Waals surface area contributed by atoms with Crippen LogP contribution in [-0.4, -0.2) is 61.6 Å².